The summed E-state index contributed by atoms with van der Waals surface area (Å²) in [5.41, 5.74) is 1.30. The Labute approximate surface area is 135 Å². The lowest BCUT2D eigenvalue weighted by Gasteiger charge is -2.29. The molecule has 1 aromatic rings. The minimum absolute atomic E-state index is 0.775. The van der Waals surface area contributed by atoms with Crippen molar-refractivity contribution in [3.8, 4) is 11.5 Å². The Bertz CT molecular complexity index is 496. The van der Waals surface area contributed by atoms with E-state index in [1.54, 1.807) is 14.2 Å². The average Bonchev–Trinajstić information content (AvgIpc) is 3.19. The summed E-state index contributed by atoms with van der Waals surface area (Å²) >= 11 is 3.71. The number of rotatable bonds is 6. The van der Waals surface area contributed by atoms with Gasteiger partial charge in [0.2, 0.25) is 0 Å². The van der Waals surface area contributed by atoms with Crippen molar-refractivity contribution in [3.05, 3.63) is 22.2 Å². The number of nitrogens with zero attached hydrogens (tertiary/aromatic N) is 1. The van der Waals surface area contributed by atoms with Gasteiger partial charge in [-0.25, -0.2) is 0 Å². The fourth-order valence-electron chi connectivity index (χ4n) is 3.45. The summed E-state index contributed by atoms with van der Waals surface area (Å²) in [4.78, 5) is 2.72. The van der Waals surface area contributed by atoms with Gasteiger partial charge in [0.1, 0.15) is 0 Å². The first-order chi connectivity index (χ1) is 10.2. The molecular formula is C17H24BrNO2. The second-order valence-electron chi connectivity index (χ2n) is 6.12. The standard InChI is InChI=1S/C17H24BrNO2/c1-20-15-10-7-12(16(18)17(15)21-2)11-19(14-8-9-14)13-5-3-4-6-13/h7,10,13-14H,3-6,8-9,11H2,1-2H3. The highest BCUT2D eigenvalue weighted by molar-refractivity contribution is 9.10. The topological polar surface area (TPSA) is 21.7 Å². The summed E-state index contributed by atoms with van der Waals surface area (Å²) in [5, 5.41) is 0. The summed E-state index contributed by atoms with van der Waals surface area (Å²) in [6.07, 6.45) is 8.23. The molecule has 4 heteroatoms. The van der Waals surface area contributed by atoms with Crippen molar-refractivity contribution in [2.24, 2.45) is 0 Å². The number of benzene rings is 1. The molecule has 0 spiro atoms. The second kappa shape index (κ2) is 6.57. The maximum Gasteiger partial charge on any atom is 0.175 e. The highest BCUT2D eigenvalue weighted by atomic mass is 79.9. The van der Waals surface area contributed by atoms with Crippen LogP contribution in [0.4, 0.5) is 0 Å². The first-order valence-corrected chi connectivity index (χ1v) is 8.69. The van der Waals surface area contributed by atoms with Gasteiger partial charge >= 0.3 is 0 Å². The fraction of sp³-hybridized carbons (Fsp3) is 0.647. The minimum atomic E-state index is 0.775. The van der Waals surface area contributed by atoms with Crippen molar-refractivity contribution in [3.63, 3.8) is 0 Å². The Hall–Kier alpha value is -0.740. The van der Waals surface area contributed by atoms with E-state index in [4.69, 9.17) is 9.47 Å². The lowest BCUT2D eigenvalue weighted by Crippen LogP contribution is -2.34. The molecule has 1 aromatic carbocycles. The monoisotopic (exact) mass is 353 g/mol. The van der Waals surface area contributed by atoms with Crippen LogP contribution in [0.1, 0.15) is 44.1 Å². The molecule has 0 amide bonds. The van der Waals surface area contributed by atoms with Crippen molar-refractivity contribution in [1.29, 1.82) is 0 Å². The molecule has 0 aromatic heterocycles. The second-order valence-corrected chi connectivity index (χ2v) is 6.91. The molecule has 3 rings (SSSR count). The van der Waals surface area contributed by atoms with Crippen LogP contribution in [0.5, 0.6) is 11.5 Å². The quantitative estimate of drug-likeness (QED) is 0.757. The van der Waals surface area contributed by atoms with Gasteiger partial charge < -0.3 is 9.47 Å². The van der Waals surface area contributed by atoms with Crippen molar-refractivity contribution in [2.45, 2.75) is 57.2 Å². The molecule has 116 valence electrons. The number of hydrogen-bond donors (Lipinski definition) is 0. The number of halogens is 1. The molecule has 21 heavy (non-hydrogen) atoms. The van der Waals surface area contributed by atoms with Crippen LogP contribution in [0.3, 0.4) is 0 Å². The molecule has 2 saturated carbocycles. The summed E-state index contributed by atoms with van der Waals surface area (Å²) < 4.78 is 11.9. The molecule has 0 atom stereocenters. The van der Waals surface area contributed by atoms with Gasteiger partial charge in [0.25, 0.3) is 0 Å². The van der Waals surface area contributed by atoms with Gasteiger partial charge in [-0.05, 0) is 53.2 Å². The third-order valence-corrected chi connectivity index (χ3v) is 5.60. The zero-order valence-corrected chi connectivity index (χ0v) is 14.5. The average molecular weight is 354 g/mol. The number of hydrogen-bond acceptors (Lipinski definition) is 3. The third-order valence-electron chi connectivity index (χ3n) is 4.73. The molecule has 0 unspecified atom stereocenters. The van der Waals surface area contributed by atoms with Crippen LogP contribution in [0.25, 0.3) is 0 Å². The first-order valence-electron chi connectivity index (χ1n) is 7.89. The molecule has 2 fully saturated rings. The highest BCUT2D eigenvalue weighted by Gasteiger charge is 2.35. The number of methoxy groups -OCH3 is 2. The Morgan fingerprint density at radius 1 is 1.05 bits per heavy atom. The molecule has 0 radical (unpaired) electrons. The maximum absolute atomic E-state index is 5.50. The molecule has 0 heterocycles. The van der Waals surface area contributed by atoms with E-state index in [1.165, 1.54) is 44.1 Å². The van der Waals surface area contributed by atoms with E-state index >= 15 is 0 Å². The lowest BCUT2D eigenvalue weighted by atomic mass is 10.1. The molecule has 0 aliphatic heterocycles. The fourth-order valence-corrected chi connectivity index (χ4v) is 4.06. The minimum Gasteiger partial charge on any atom is -0.493 e. The van der Waals surface area contributed by atoms with Gasteiger partial charge in [-0.15, -0.1) is 0 Å². The SMILES string of the molecule is COc1ccc(CN(C2CCCC2)C2CC2)c(Br)c1OC. The molecular weight excluding hydrogens is 330 g/mol. The molecule has 2 aliphatic rings. The van der Waals surface area contributed by atoms with Crippen molar-refractivity contribution in [2.75, 3.05) is 14.2 Å². The van der Waals surface area contributed by atoms with E-state index in [-0.39, 0.29) is 0 Å². The van der Waals surface area contributed by atoms with Gasteiger partial charge in [-0.2, -0.15) is 0 Å². The summed E-state index contributed by atoms with van der Waals surface area (Å²) in [6, 6.07) is 5.75. The largest absolute Gasteiger partial charge is 0.493 e. The summed E-state index contributed by atoms with van der Waals surface area (Å²) in [6.45, 7) is 1.01. The molecule has 0 saturated heterocycles. The predicted octanol–water partition coefficient (Wildman–Crippen LogP) is 4.37. The van der Waals surface area contributed by atoms with Gasteiger partial charge in [0.15, 0.2) is 11.5 Å². The first kappa shape index (κ1) is 15.2. The Kier molecular flexibility index (Phi) is 4.75. The Morgan fingerprint density at radius 2 is 1.71 bits per heavy atom. The zero-order chi connectivity index (χ0) is 14.8. The Balaban J connectivity index is 1.82. The van der Waals surface area contributed by atoms with Gasteiger partial charge in [0, 0.05) is 18.6 Å². The number of ether oxygens (including phenoxy) is 2. The van der Waals surface area contributed by atoms with Crippen LogP contribution in [0.15, 0.2) is 16.6 Å². The van der Waals surface area contributed by atoms with Crippen LogP contribution >= 0.6 is 15.9 Å². The van der Waals surface area contributed by atoms with E-state index < -0.39 is 0 Å². The van der Waals surface area contributed by atoms with Crippen LogP contribution in [0.2, 0.25) is 0 Å². The summed E-state index contributed by atoms with van der Waals surface area (Å²) in [7, 11) is 3.38. The van der Waals surface area contributed by atoms with E-state index in [9.17, 15) is 0 Å². The molecule has 0 bridgehead atoms. The van der Waals surface area contributed by atoms with Crippen LogP contribution in [0, 0.1) is 0 Å². The molecule has 3 nitrogen and oxygen atoms in total. The van der Waals surface area contributed by atoms with Crippen LogP contribution < -0.4 is 9.47 Å². The maximum atomic E-state index is 5.50. The predicted molar refractivity (Wildman–Crippen MR) is 88.1 cm³/mol. The Morgan fingerprint density at radius 3 is 2.29 bits per heavy atom. The van der Waals surface area contributed by atoms with Crippen LogP contribution in [-0.2, 0) is 6.54 Å². The van der Waals surface area contributed by atoms with E-state index in [1.807, 2.05) is 6.07 Å². The van der Waals surface area contributed by atoms with Gasteiger partial charge in [-0.1, -0.05) is 18.9 Å². The van der Waals surface area contributed by atoms with Gasteiger partial charge in [-0.3, -0.25) is 4.90 Å². The van der Waals surface area contributed by atoms with Crippen LogP contribution in [-0.4, -0.2) is 31.2 Å². The van der Waals surface area contributed by atoms with Crippen molar-refractivity contribution < 1.29 is 9.47 Å². The van der Waals surface area contributed by atoms with Crippen molar-refractivity contribution >= 4 is 15.9 Å². The lowest BCUT2D eigenvalue weighted by molar-refractivity contribution is 0.178. The van der Waals surface area contributed by atoms with E-state index in [2.05, 4.69) is 26.9 Å². The normalized spacial score (nSPS) is 19.2. The third kappa shape index (κ3) is 3.21. The summed E-state index contributed by atoms with van der Waals surface area (Å²) in [5.74, 6) is 1.59. The van der Waals surface area contributed by atoms with E-state index in [0.29, 0.717) is 0 Å². The van der Waals surface area contributed by atoms with E-state index in [0.717, 1.165) is 34.6 Å². The van der Waals surface area contributed by atoms with Gasteiger partial charge in [0.05, 0.1) is 18.7 Å². The highest BCUT2D eigenvalue weighted by Crippen LogP contribution is 2.41. The molecule has 0 N–H and O–H groups in total. The van der Waals surface area contributed by atoms with Crippen molar-refractivity contribution in [1.82, 2.24) is 4.90 Å². The molecule has 2 aliphatic carbocycles. The zero-order valence-electron chi connectivity index (χ0n) is 12.9. The smallest absolute Gasteiger partial charge is 0.175 e.